The molecule has 18 heavy (non-hydrogen) atoms. The predicted molar refractivity (Wildman–Crippen MR) is 75.4 cm³/mol. The van der Waals surface area contributed by atoms with E-state index < -0.39 is 0 Å². The fourth-order valence-electron chi connectivity index (χ4n) is 2.00. The van der Waals surface area contributed by atoms with Gasteiger partial charge in [-0.05, 0) is 19.4 Å². The molecule has 0 radical (unpaired) electrons. The summed E-state index contributed by atoms with van der Waals surface area (Å²) in [6.07, 6.45) is 1.84. The first-order valence-corrected chi connectivity index (χ1v) is 6.17. The number of hydrogen-bond acceptors (Lipinski definition) is 3. The van der Waals surface area contributed by atoms with Gasteiger partial charge in [0.2, 0.25) is 0 Å². The molecule has 1 aromatic heterocycles. The number of aromatic nitrogens is 2. The Morgan fingerprint density at radius 2 is 1.94 bits per heavy atom. The highest BCUT2D eigenvalue weighted by molar-refractivity contribution is 5.62. The molecule has 1 heterocycles. The van der Waals surface area contributed by atoms with Crippen LogP contribution in [0.15, 0.2) is 36.5 Å². The van der Waals surface area contributed by atoms with Crippen LogP contribution in [0.5, 0.6) is 0 Å². The van der Waals surface area contributed by atoms with Crippen molar-refractivity contribution < 1.29 is 0 Å². The summed E-state index contributed by atoms with van der Waals surface area (Å²) >= 11 is 0. The van der Waals surface area contributed by atoms with Gasteiger partial charge in [0.25, 0.3) is 0 Å². The fourth-order valence-corrected chi connectivity index (χ4v) is 2.00. The molecule has 2 rings (SSSR count). The molecule has 0 unspecified atom stereocenters. The van der Waals surface area contributed by atoms with Gasteiger partial charge in [0.1, 0.15) is 0 Å². The number of nitrogen functional groups attached to an aromatic ring is 1. The second-order valence-corrected chi connectivity index (χ2v) is 4.79. The lowest BCUT2D eigenvalue weighted by molar-refractivity contribution is 0.657. The third kappa shape index (κ3) is 2.64. The lowest BCUT2D eigenvalue weighted by Crippen LogP contribution is -2.31. The summed E-state index contributed by atoms with van der Waals surface area (Å²) < 4.78 is 1.76. The average Bonchev–Trinajstić information content (AvgIpc) is 2.66. The Morgan fingerprint density at radius 3 is 2.44 bits per heavy atom. The maximum absolute atomic E-state index is 6.01. The molecule has 96 valence electrons. The molecular weight excluding hydrogens is 224 g/mol. The van der Waals surface area contributed by atoms with Crippen LogP contribution in [0.25, 0.3) is 0 Å². The van der Waals surface area contributed by atoms with Crippen LogP contribution in [0.1, 0.15) is 19.4 Å². The van der Waals surface area contributed by atoms with E-state index in [0.717, 1.165) is 18.1 Å². The van der Waals surface area contributed by atoms with Crippen LogP contribution >= 0.6 is 0 Å². The van der Waals surface area contributed by atoms with Crippen molar-refractivity contribution in [2.45, 2.75) is 26.4 Å². The quantitative estimate of drug-likeness (QED) is 0.898. The fraction of sp³-hybridized carbons (Fsp3) is 0.357. The molecule has 2 N–H and O–H groups in total. The Balaban J connectivity index is 2.27. The van der Waals surface area contributed by atoms with Gasteiger partial charge in [-0.3, -0.25) is 4.68 Å². The van der Waals surface area contributed by atoms with Crippen LogP contribution in [0.4, 0.5) is 11.5 Å². The second-order valence-electron chi connectivity index (χ2n) is 4.79. The van der Waals surface area contributed by atoms with Gasteiger partial charge in [-0.1, -0.05) is 30.3 Å². The zero-order valence-electron chi connectivity index (χ0n) is 11.2. The van der Waals surface area contributed by atoms with Gasteiger partial charge in [0.05, 0.1) is 5.69 Å². The van der Waals surface area contributed by atoms with Crippen LogP contribution < -0.4 is 10.6 Å². The lowest BCUT2D eigenvalue weighted by atomic mass is 10.2. The number of aryl methyl sites for hydroxylation is 1. The van der Waals surface area contributed by atoms with Crippen LogP contribution in [0.3, 0.4) is 0 Å². The van der Waals surface area contributed by atoms with Crippen molar-refractivity contribution >= 4 is 11.5 Å². The van der Waals surface area contributed by atoms with Crippen LogP contribution in [-0.4, -0.2) is 15.8 Å². The van der Waals surface area contributed by atoms with Gasteiger partial charge >= 0.3 is 0 Å². The molecule has 4 heteroatoms. The Hall–Kier alpha value is -1.97. The summed E-state index contributed by atoms with van der Waals surface area (Å²) in [5.74, 6) is 0.858. The van der Waals surface area contributed by atoms with Crippen molar-refractivity contribution in [2.24, 2.45) is 7.05 Å². The molecule has 0 atom stereocenters. The zero-order valence-corrected chi connectivity index (χ0v) is 11.2. The van der Waals surface area contributed by atoms with Crippen LogP contribution in [0, 0.1) is 0 Å². The first-order chi connectivity index (χ1) is 8.58. The Kier molecular flexibility index (Phi) is 3.55. The van der Waals surface area contributed by atoms with E-state index in [2.05, 4.69) is 48.1 Å². The summed E-state index contributed by atoms with van der Waals surface area (Å²) in [6.45, 7) is 5.12. The van der Waals surface area contributed by atoms with E-state index in [1.807, 2.05) is 19.3 Å². The zero-order chi connectivity index (χ0) is 13.1. The van der Waals surface area contributed by atoms with E-state index in [0.29, 0.717) is 6.04 Å². The van der Waals surface area contributed by atoms with E-state index in [-0.39, 0.29) is 0 Å². The smallest absolute Gasteiger partial charge is 0.174 e. The summed E-state index contributed by atoms with van der Waals surface area (Å²) in [4.78, 5) is 2.21. The van der Waals surface area contributed by atoms with Crippen molar-refractivity contribution in [2.75, 3.05) is 10.6 Å². The topological polar surface area (TPSA) is 47.1 Å². The van der Waals surface area contributed by atoms with Gasteiger partial charge < -0.3 is 10.6 Å². The largest absolute Gasteiger partial charge is 0.394 e. The molecule has 0 aliphatic heterocycles. The minimum Gasteiger partial charge on any atom is -0.394 e. The molecule has 0 amide bonds. The van der Waals surface area contributed by atoms with Crippen molar-refractivity contribution in [1.29, 1.82) is 0 Å². The lowest BCUT2D eigenvalue weighted by Gasteiger charge is -2.27. The Bertz CT molecular complexity index is 502. The number of hydrogen-bond donors (Lipinski definition) is 1. The molecule has 0 aliphatic carbocycles. The summed E-state index contributed by atoms with van der Waals surface area (Å²) in [5, 5.41) is 4.45. The molecule has 1 aromatic carbocycles. The van der Waals surface area contributed by atoms with Crippen molar-refractivity contribution in [3.05, 3.63) is 42.1 Å². The molecule has 2 aromatic rings. The molecule has 4 nitrogen and oxygen atoms in total. The van der Waals surface area contributed by atoms with Gasteiger partial charge in [0, 0.05) is 25.8 Å². The third-order valence-electron chi connectivity index (χ3n) is 2.93. The molecule has 0 bridgehead atoms. The first kappa shape index (κ1) is 12.5. The maximum Gasteiger partial charge on any atom is 0.174 e. The van der Waals surface area contributed by atoms with E-state index in [4.69, 9.17) is 5.73 Å². The van der Waals surface area contributed by atoms with E-state index in [1.54, 1.807) is 4.68 Å². The van der Waals surface area contributed by atoms with Gasteiger partial charge in [-0.2, -0.15) is 5.10 Å². The molecule has 0 saturated carbocycles. The highest BCUT2D eigenvalue weighted by Crippen LogP contribution is 2.24. The van der Waals surface area contributed by atoms with Crippen molar-refractivity contribution in [3.8, 4) is 0 Å². The summed E-state index contributed by atoms with van der Waals surface area (Å²) in [6, 6.07) is 10.7. The van der Waals surface area contributed by atoms with E-state index in [1.165, 1.54) is 5.56 Å². The number of benzene rings is 1. The predicted octanol–water partition coefficient (Wildman–Crippen LogP) is 2.42. The van der Waals surface area contributed by atoms with Crippen molar-refractivity contribution in [1.82, 2.24) is 9.78 Å². The first-order valence-electron chi connectivity index (χ1n) is 6.17. The molecule has 0 fully saturated rings. The number of nitrogens with two attached hydrogens (primary N) is 1. The molecular formula is C14H20N4. The van der Waals surface area contributed by atoms with Gasteiger partial charge in [-0.25, -0.2) is 0 Å². The Labute approximate surface area is 108 Å². The van der Waals surface area contributed by atoms with E-state index in [9.17, 15) is 0 Å². The van der Waals surface area contributed by atoms with Crippen molar-refractivity contribution in [3.63, 3.8) is 0 Å². The minimum absolute atomic E-state index is 0.349. The van der Waals surface area contributed by atoms with Gasteiger partial charge in [-0.15, -0.1) is 0 Å². The second kappa shape index (κ2) is 5.12. The summed E-state index contributed by atoms with van der Waals surface area (Å²) in [7, 11) is 1.89. The molecule has 0 aliphatic rings. The SMILES string of the molecule is CC(C)N(Cc1ccccc1)c1nn(C)cc1N. The average molecular weight is 244 g/mol. The monoisotopic (exact) mass is 244 g/mol. The molecule has 0 saturated heterocycles. The minimum atomic E-state index is 0.349. The molecule has 0 spiro atoms. The third-order valence-corrected chi connectivity index (χ3v) is 2.93. The van der Waals surface area contributed by atoms with Gasteiger partial charge in [0.15, 0.2) is 5.82 Å². The maximum atomic E-state index is 6.01. The highest BCUT2D eigenvalue weighted by atomic mass is 15.4. The number of nitrogens with zero attached hydrogens (tertiary/aromatic N) is 3. The summed E-state index contributed by atoms with van der Waals surface area (Å²) in [5.41, 5.74) is 7.99. The highest BCUT2D eigenvalue weighted by Gasteiger charge is 2.17. The van der Waals surface area contributed by atoms with Crippen LogP contribution in [0.2, 0.25) is 0 Å². The number of anilines is 2. The number of rotatable bonds is 4. The van der Waals surface area contributed by atoms with Crippen LogP contribution in [-0.2, 0) is 13.6 Å². The standard InChI is InChI=1S/C14H20N4/c1-11(2)18(9-12-7-5-4-6-8-12)14-13(15)10-17(3)16-14/h4-8,10-11H,9,15H2,1-3H3. The van der Waals surface area contributed by atoms with E-state index >= 15 is 0 Å². The Morgan fingerprint density at radius 1 is 1.28 bits per heavy atom. The normalized spacial score (nSPS) is 10.9.